The first kappa shape index (κ1) is 21.9. The summed E-state index contributed by atoms with van der Waals surface area (Å²) >= 11 is 0. The second kappa shape index (κ2) is 10.8. The molecule has 2 aromatic rings. The van der Waals surface area contributed by atoms with E-state index in [9.17, 15) is 9.59 Å². The highest BCUT2D eigenvalue weighted by atomic mass is 16.5. The fourth-order valence-electron chi connectivity index (χ4n) is 2.47. The van der Waals surface area contributed by atoms with Crippen LogP contribution in [0.3, 0.4) is 0 Å². The van der Waals surface area contributed by atoms with Crippen LogP contribution < -0.4 is 24.3 Å². The maximum absolute atomic E-state index is 12.3. The Hall–Kier alpha value is -3.42. The number of anilines is 1. The standard InChI is InChI=1S/C21H25NO7/c1-5-27-18-8-7-14(9-19(18)28-6-2)21(24)29-13-20(23)22-15-10-16(25-3)12-17(11-15)26-4/h7-12H,5-6,13H2,1-4H3,(H,22,23). The van der Waals surface area contributed by atoms with E-state index in [2.05, 4.69) is 5.32 Å². The van der Waals surface area contributed by atoms with Crippen molar-refractivity contribution in [2.24, 2.45) is 0 Å². The summed E-state index contributed by atoms with van der Waals surface area (Å²) < 4.78 is 26.4. The van der Waals surface area contributed by atoms with Crippen LogP contribution in [-0.2, 0) is 9.53 Å². The Morgan fingerprint density at radius 2 is 1.48 bits per heavy atom. The number of benzene rings is 2. The molecule has 8 nitrogen and oxygen atoms in total. The SMILES string of the molecule is CCOc1ccc(C(=O)OCC(=O)Nc2cc(OC)cc(OC)c2)cc1OCC. The summed E-state index contributed by atoms with van der Waals surface area (Å²) in [5.74, 6) is 0.883. The molecule has 0 fully saturated rings. The lowest BCUT2D eigenvalue weighted by molar-refractivity contribution is -0.119. The monoisotopic (exact) mass is 403 g/mol. The second-order valence-electron chi connectivity index (χ2n) is 5.75. The summed E-state index contributed by atoms with van der Waals surface area (Å²) in [6, 6.07) is 9.65. The number of esters is 1. The van der Waals surface area contributed by atoms with Gasteiger partial charge in [-0.1, -0.05) is 0 Å². The molecule has 0 saturated heterocycles. The predicted octanol–water partition coefficient (Wildman–Crippen LogP) is 3.30. The first-order chi connectivity index (χ1) is 14.0. The van der Waals surface area contributed by atoms with Crippen LogP contribution in [0.4, 0.5) is 5.69 Å². The van der Waals surface area contributed by atoms with E-state index in [4.69, 9.17) is 23.7 Å². The Morgan fingerprint density at radius 3 is 2.07 bits per heavy atom. The van der Waals surface area contributed by atoms with Crippen molar-refractivity contribution in [1.82, 2.24) is 0 Å². The van der Waals surface area contributed by atoms with Gasteiger partial charge in [0.15, 0.2) is 18.1 Å². The highest BCUT2D eigenvalue weighted by molar-refractivity contribution is 5.96. The van der Waals surface area contributed by atoms with Crippen LogP contribution in [0.25, 0.3) is 0 Å². The van der Waals surface area contributed by atoms with E-state index in [1.807, 2.05) is 13.8 Å². The van der Waals surface area contributed by atoms with E-state index >= 15 is 0 Å². The number of ether oxygens (including phenoxy) is 5. The van der Waals surface area contributed by atoms with Gasteiger partial charge < -0.3 is 29.0 Å². The molecule has 0 radical (unpaired) electrons. The van der Waals surface area contributed by atoms with Gasteiger partial charge in [-0.25, -0.2) is 4.79 Å². The lowest BCUT2D eigenvalue weighted by Gasteiger charge is -2.12. The zero-order chi connectivity index (χ0) is 21.2. The number of nitrogens with one attached hydrogen (secondary N) is 1. The fourth-order valence-corrected chi connectivity index (χ4v) is 2.47. The van der Waals surface area contributed by atoms with Gasteiger partial charge in [0.2, 0.25) is 0 Å². The number of methoxy groups -OCH3 is 2. The molecule has 0 aliphatic carbocycles. The predicted molar refractivity (Wildman–Crippen MR) is 107 cm³/mol. The van der Waals surface area contributed by atoms with Crippen molar-refractivity contribution >= 4 is 17.6 Å². The highest BCUT2D eigenvalue weighted by Gasteiger charge is 2.15. The summed E-state index contributed by atoms with van der Waals surface area (Å²) in [6.07, 6.45) is 0. The van der Waals surface area contributed by atoms with Gasteiger partial charge in [0.25, 0.3) is 5.91 Å². The summed E-state index contributed by atoms with van der Waals surface area (Å²) in [6.45, 7) is 4.13. The largest absolute Gasteiger partial charge is 0.497 e. The van der Waals surface area contributed by atoms with Crippen LogP contribution in [0.15, 0.2) is 36.4 Å². The Morgan fingerprint density at radius 1 is 0.862 bits per heavy atom. The third kappa shape index (κ3) is 6.31. The van der Waals surface area contributed by atoms with E-state index in [0.29, 0.717) is 41.9 Å². The van der Waals surface area contributed by atoms with Crippen molar-refractivity contribution in [3.8, 4) is 23.0 Å². The third-order valence-corrected chi connectivity index (χ3v) is 3.75. The van der Waals surface area contributed by atoms with Crippen molar-refractivity contribution in [3.05, 3.63) is 42.0 Å². The molecule has 0 bridgehead atoms. The zero-order valence-electron chi connectivity index (χ0n) is 16.9. The van der Waals surface area contributed by atoms with E-state index in [1.165, 1.54) is 20.3 Å². The van der Waals surface area contributed by atoms with Crippen molar-refractivity contribution in [1.29, 1.82) is 0 Å². The molecule has 1 N–H and O–H groups in total. The van der Waals surface area contributed by atoms with Crippen LogP contribution >= 0.6 is 0 Å². The lowest BCUT2D eigenvalue weighted by atomic mass is 10.2. The Labute approximate surface area is 169 Å². The fraction of sp³-hybridized carbons (Fsp3) is 0.333. The Bertz CT molecular complexity index is 829. The van der Waals surface area contributed by atoms with E-state index in [-0.39, 0.29) is 5.56 Å². The highest BCUT2D eigenvalue weighted by Crippen LogP contribution is 2.29. The molecule has 0 heterocycles. The van der Waals surface area contributed by atoms with Crippen LogP contribution in [0.2, 0.25) is 0 Å². The van der Waals surface area contributed by atoms with Gasteiger partial charge in [0, 0.05) is 23.9 Å². The zero-order valence-corrected chi connectivity index (χ0v) is 16.9. The molecule has 0 atom stereocenters. The Kier molecular flexibility index (Phi) is 8.14. The molecular formula is C21H25NO7. The molecule has 1 amide bonds. The molecule has 2 rings (SSSR count). The molecule has 2 aromatic carbocycles. The topological polar surface area (TPSA) is 92.3 Å². The number of carbonyl (C=O) groups excluding carboxylic acids is 2. The normalized spacial score (nSPS) is 10.1. The first-order valence-corrected chi connectivity index (χ1v) is 9.10. The summed E-state index contributed by atoms with van der Waals surface area (Å²) in [5, 5.41) is 2.63. The summed E-state index contributed by atoms with van der Waals surface area (Å²) in [7, 11) is 3.02. The third-order valence-electron chi connectivity index (χ3n) is 3.75. The minimum Gasteiger partial charge on any atom is -0.497 e. The summed E-state index contributed by atoms with van der Waals surface area (Å²) in [4.78, 5) is 24.4. The molecule has 0 spiro atoms. The number of amides is 1. The van der Waals surface area contributed by atoms with E-state index in [1.54, 1.807) is 30.3 Å². The molecule has 156 valence electrons. The molecule has 29 heavy (non-hydrogen) atoms. The lowest BCUT2D eigenvalue weighted by Crippen LogP contribution is -2.21. The minimum absolute atomic E-state index is 0.257. The number of hydrogen-bond acceptors (Lipinski definition) is 7. The number of carbonyl (C=O) groups is 2. The van der Waals surface area contributed by atoms with Crippen LogP contribution in [-0.4, -0.2) is 45.9 Å². The number of hydrogen-bond donors (Lipinski definition) is 1. The second-order valence-corrected chi connectivity index (χ2v) is 5.75. The molecule has 0 aromatic heterocycles. The van der Waals surface area contributed by atoms with Crippen molar-refractivity contribution in [2.45, 2.75) is 13.8 Å². The van der Waals surface area contributed by atoms with Crippen molar-refractivity contribution in [3.63, 3.8) is 0 Å². The van der Waals surface area contributed by atoms with E-state index in [0.717, 1.165) is 0 Å². The Balaban J connectivity index is 1.99. The van der Waals surface area contributed by atoms with Gasteiger partial charge in [-0.3, -0.25) is 4.79 Å². The number of rotatable bonds is 10. The minimum atomic E-state index is -0.646. The molecule has 8 heteroatoms. The molecule has 0 unspecified atom stereocenters. The van der Waals surface area contributed by atoms with Crippen molar-refractivity contribution < 1.29 is 33.3 Å². The smallest absolute Gasteiger partial charge is 0.338 e. The van der Waals surface area contributed by atoms with E-state index < -0.39 is 18.5 Å². The van der Waals surface area contributed by atoms with Gasteiger partial charge in [-0.2, -0.15) is 0 Å². The maximum Gasteiger partial charge on any atom is 0.338 e. The molecular weight excluding hydrogens is 378 g/mol. The van der Waals surface area contributed by atoms with Crippen LogP contribution in [0.5, 0.6) is 23.0 Å². The average Bonchev–Trinajstić information content (AvgIpc) is 2.73. The molecule has 0 aliphatic rings. The van der Waals surface area contributed by atoms with Gasteiger partial charge in [-0.15, -0.1) is 0 Å². The maximum atomic E-state index is 12.3. The average molecular weight is 403 g/mol. The van der Waals surface area contributed by atoms with Gasteiger partial charge in [0.05, 0.1) is 33.0 Å². The van der Waals surface area contributed by atoms with Gasteiger partial charge in [-0.05, 0) is 32.0 Å². The molecule has 0 aliphatic heterocycles. The quantitative estimate of drug-likeness (QED) is 0.609. The first-order valence-electron chi connectivity index (χ1n) is 9.10. The van der Waals surface area contributed by atoms with Crippen LogP contribution in [0.1, 0.15) is 24.2 Å². The summed E-state index contributed by atoms with van der Waals surface area (Å²) in [5.41, 5.74) is 0.717. The van der Waals surface area contributed by atoms with Gasteiger partial charge >= 0.3 is 5.97 Å². The molecule has 0 saturated carbocycles. The van der Waals surface area contributed by atoms with Crippen molar-refractivity contribution in [2.75, 3.05) is 39.4 Å². The van der Waals surface area contributed by atoms with Crippen LogP contribution in [0, 0.1) is 0 Å². The van der Waals surface area contributed by atoms with Gasteiger partial charge in [0.1, 0.15) is 11.5 Å².